The number of para-hydroxylation sites is 4. The second-order valence-electron chi connectivity index (χ2n) is 6.85. The van der Waals surface area contributed by atoms with Crippen molar-refractivity contribution in [2.24, 2.45) is 17.0 Å². The van der Waals surface area contributed by atoms with Crippen LogP contribution in [0.15, 0.2) is 88.8 Å². The third kappa shape index (κ3) is 4.47. The number of aromatic hydroxyl groups is 2. The summed E-state index contributed by atoms with van der Waals surface area (Å²) >= 11 is 0. The number of rotatable bonds is 4. The van der Waals surface area contributed by atoms with Gasteiger partial charge in [0.1, 0.15) is 22.9 Å². The van der Waals surface area contributed by atoms with E-state index in [4.69, 9.17) is 4.99 Å². The predicted octanol–water partition coefficient (Wildman–Crippen LogP) is 4.52. The Bertz CT molecular complexity index is 1290. The van der Waals surface area contributed by atoms with E-state index in [-0.39, 0.29) is 28.3 Å². The average Bonchev–Trinajstić information content (AvgIpc) is 2.99. The molecular weight excluding hydrogens is 435 g/mol. The Kier molecular flexibility index (Phi) is 6.79. The Morgan fingerprint density at radius 1 is 0.806 bits per heavy atom. The summed E-state index contributed by atoms with van der Waals surface area (Å²) in [5, 5.41) is 20.3. The molecule has 4 aromatic rings. The maximum atomic E-state index is 10.3. The zero-order valence-electron chi connectivity index (χ0n) is 17.1. The molecule has 0 saturated heterocycles. The van der Waals surface area contributed by atoms with Crippen LogP contribution in [0.2, 0.25) is 0 Å². The Balaban J connectivity index is 0.00000272. The van der Waals surface area contributed by atoms with Gasteiger partial charge in [0.2, 0.25) is 0 Å². The molecule has 7 heteroatoms. The maximum absolute atomic E-state index is 10.3. The van der Waals surface area contributed by atoms with Gasteiger partial charge in [-0.05, 0) is 43.3 Å². The van der Waals surface area contributed by atoms with E-state index >= 15 is 0 Å². The fourth-order valence-corrected chi connectivity index (χ4v) is 3.23. The molecule has 31 heavy (non-hydrogen) atoms. The predicted molar refractivity (Wildman–Crippen MR) is 118 cm³/mol. The first-order valence-electron chi connectivity index (χ1n) is 9.55. The van der Waals surface area contributed by atoms with Crippen molar-refractivity contribution in [3.05, 3.63) is 95.6 Å². The largest absolute Gasteiger partial charge is 0.507 e. The van der Waals surface area contributed by atoms with E-state index in [9.17, 15) is 10.2 Å². The van der Waals surface area contributed by atoms with Gasteiger partial charge in [0, 0.05) is 35.6 Å². The molecule has 1 aromatic heterocycles. The first-order chi connectivity index (χ1) is 14.6. The van der Waals surface area contributed by atoms with Crippen LogP contribution in [0.5, 0.6) is 11.5 Å². The summed E-state index contributed by atoms with van der Waals surface area (Å²) in [6.07, 6.45) is 1.62. The number of phenolic OH excluding ortho intramolecular Hbond substituents is 2. The van der Waals surface area contributed by atoms with Crippen LogP contribution in [-0.4, -0.2) is 25.8 Å². The van der Waals surface area contributed by atoms with E-state index in [2.05, 4.69) is 4.99 Å². The molecule has 0 atom stereocenters. The molecule has 0 saturated carbocycles. The fourth-order valence-electron chi connectivity index (χ4n) is 3.23. The van der Waals surface area contributed by atoms with Crippen molar-refractivity contribution in [2.45, 2.75) is 6.92 Å². The van der Waals surface area contributed by atoms with Crippen LogP contribution in [0.25, 0.3) is 5.69 Å². The maximum Gasteiger partial charge on any atom is 0.180 e. The molecule has 3 aromatic carbocycles. The van der Waals surface area contributed by atoms with Crippen LogP contribution in [0.1, 0.15) is 11.3 Å². The van der Waals surface area contributed by atoms with Gasteiger partial charge < -0.3 is 10.2 Å². The molecule has 2 N–H and O–H groups in total. The number of aliphatic imine (C=N–C) groups is 1. The molecule has 159 valence electrons. The molecular formula is C24H22CoN4O2. The van der Waals surface area contributed by atoms with Crippen LogP contribution >= 0.6 is 0 Å². The summed E-state index contributed by atoms with van der Waals surface area (Å²) in [6, 6.07) is 23.8. The van der Waals surface area contributed by atoms with Crippen molar-refractivity contribution in [3.63, 3.8) is 0 Å². The smallest absolute Gasteiger partial charge is 0.180 e. The SMILES string of the molecule is Cc1c(N=Cc2ccccc2O)c(=Nc2ccccc2O)n(-c2ccccc2)n1C.[Co]. The summed E-state index contributed by atoms with van der Waals surface area (Å²) in [6.45, 7) is 1.96. The van der Waals surface area contributed by atoms with E-state index in [1.54, 1.807) is 42.6 Å². The number of aromatic nitrogens is 2. The van der Waals surface area contributed by atoms with Gasteiger partial charge in [0.25, 0.3) is 0 Å². The molecule has 0 spiro atoms. The van der Waals surface area contributed by atoms with Gasteiger partial charge in [0.15, 0.2) is 5.49 Å². The number of hydrogen-bond donors (Lipinski definition) is 2. The summed E-state index contributed by atoms with van der Waals surface area (Å²) in [5.74, 6) is 0.249. The molecule has 1 radical (unpaired) electrons. The third-order valence-electron chi connectivity index (χ3n) is 4.92. The molecule has 0 unspecified atom stereocenters. The monoisotopic (exact) mass is 457 g/mol. The zero-order valence-corrected chi connectivity index (χ0v) is 18.1. The van der Waals surface area contributed by atoms with Gasteiger partial charge in [-0.2, -0.15) is 0 Å². The fraction of sp³-hybridized carbons (Fsp3) is 0.0833. The minimum atomic E-state index is 0. The number of hydrogen-bond acceptors (Lipinski definition) is 4. The summed E-state index contributed by atoms with van der Waals surface area (Å²) in [4.78, 5) is 9.42. The number of benzene rings is 3. The van der Waals surface area contributed by atoms with Crippen LogP contribution in [0.4, 0.5) is 11.4 Å². The van der Waals surface area contributed by atoms with Crippen molar-refractivity contribution >= 4 is 17.6 Å². The molecule has 1 heterocycles. The Labute approximate surface area is 190 Å². The Hall–Kier alpha value is -3.55. The molecule has 0 bridgehead atoms. The topological polar surface area (TPSA) is 75.0 Å². The van der Waals surface area contributed by atoms with E-state index in [0.717, 1.165) is 11.4 Å². The minimum absolute atomic E-state index is 0. The van der Waals surface area contributed by atoms with Gasteiger partial charge in [0.05, 0.1) is 11.4 Å². The Morgan fingerprint density at radius 3 is 2.10 bits per heavy atom. The molecule has 0 aliphatic carbocycles. The molecule has 4 rings (SSSR count). The summed E-state index contributed by atoms with van der Waals surface area (Å²) in [7, 11) is 1.94. The van der Waals surface area contributed by atoms with Gasteiger partial charge >= 0.3 is 0 Å². The minimum Gasteiger partial charge on any atom is -0.507 e. The Morgan fingerprint density at radius 2 is 1.42 bits per heavy atom. The molecule has 0 aliphatic rings. The second kappa shape index (κ2) is 9.50. The van der Waals surface area contributed by atoms with Crippen molar-refractivity contribution in [1.82, 2.24) is 9.36 Å². The van der Waals surface area contributed by atoms with Gasteiger partial charge in [-0.25, -0.2) is 9.67 Å². The van der Waals surface area contributed by atoms with E-state index < -0.39 is 0 Å². The van der Waals surface area contributed by atoms with E-state index in [1.807, 2.05) is 65.8 Å². The van der Waals surface area contributed by atoms with Crippen molar-refractivity contribution < 1.29 is 27.0 Å². The van der Waals surface area contributed by atoms with Crippen molar-refractivity contribution in [2.75, 3.05) is 0 Å². The summed E-state index contributed by atoms with van der Waals surface area (Å²) in [5.41, 5.74) is 4.09. The molecule has 0 amide bonds. The van der Waals surface area contributed by atoms with Crippen molar-refractivity contribution in [1.29, 1.82) is 0 Å². The van der Waals surface area contributed by atoms with Crippen LogP contribution in [0, 0.1) is 6.92 Å². The van der Waals surface area contributed by atoms with Gasteiger partial charge in [-0.3, -0.25) is 9.67 Å². The summed E-state index contributed by atoms with van der Waals surface area (Å²) < 4.78 is 3.91. The van der Waals surface area contributed by atoms with E-state index in [1.165, 1.54) is 0 Å². The van der Waals surface area contributed by atoms with Crippen LogP contribution in [0.3, 0.4) is 0 Å². The molecule has 6 nitrogen and oxygen atoms in total. The third-order valence-corrected chi connectivity index (χ3v) is 4.92. The van der Waals surface area contributed by atoms with Gasteiger partial charge in [-0.1, -0.05) is 42.5 Å². The second-order valence-corrected chi connectivity index (χ2v) is 6.85. The molecule has 0 fully saturated rings. The quantitative estimate of drug-likeness (QED) is 0.443. The zero-order chi connectivity index (χ0) is 21.1. The normalized spacial score (nSPS) is 11.6. The van der Waals surface area contributed by atoms with E-state index in [0.29, 0.717) is 22.4 Å². The molecule has 0 aliphatic heterocycles. The number of phenols is 2. The average molecular weight is 457 g/mol. The standard InChI is InChI=1S/C24H22N4O2.Co/c1-17-23(25-16-18-10-6-8-14-21(18)29)24(26-20-13-7-9-15-22(20)30)28(27(17)2)19-11-4-3-5-12-19;/h3-16,29-30H,1-2H3;. The first-order valence-corrected chi connectivity index (χ1v) is 9.55. The first kappa shape index (κ1) is 22.1. The van der Waals surface area contributed by atoms with Crippen LogP contribution in [-0.2, 0) is 23.8 Å². The van der Waals surface area contributed by atoms with Gasteiger partial charge in [-0.15, -0.1) is 0 Å². The number of nitrogens with zero attached hydrogens (tertiary/aromatic N) is 4. The van der Waals surface area contributed by atoms with Crippen LogP contribution < -0.4 is 5.49 Å². The van der Waals surface area contributed by atoms with Crippen molar-refractivity contribution in [3.8, 4) is 17.2 Å².